The van der Waals surface area contributed by atoms with E-state index in [1.807, 2.05) is 31.2 Å². The van der Waals surface area contributed by atoms with E-state index in [0.717, 1.165) is 11.3 Å². The molecule has 0 N–H and O–H groups in total. The second-order valence-electron chi connectivity index (χ2n) is 4.35. The Bertz CT molecular complexity index is 766. The number of hydrogen-bond acceptors (Lipinski definition) is 4. The number of nitrogens with zero attached hydrogens (tertiary/aromatic N) is 5. The summed E-state index contributed by atoms with van der Waals surface area (Å²) in [6.07, 6.45) is 3.30. The van der Waals surface area contributed by atoms with Crippen molar-refractivity contribution >= 4 is 0 Å². The molecule has 1 aromatic carbocycles. The van der Waals surface area contributed by atoms with Gasteiger partial charge in [-0.15, -0.1) is 0 Å². The number of aryl methyl sites for hydroxylation is 1. The van der Waals surface area contributed by atoms with Gasteiger partial charge in [-0.3, -0.25) is 0 Å². The molecule has 0 atom stereocenters. The molecule has 2 heterocycles. The summed E-state index contributed by atoms with van der Waals surface area (Å²) >= 11 is 0. The Morgan fingerprint density at radius 1 is 1.10 bits per heavy atom. The largest absolute Gasteiger partial charge is 0.251 e. The van der Waals surface area contributed by atoms with Crippen LogP contribution in [-0.4, -0.2) is 19.7 Å². The Kier molecular flexibility index (Phi) is 2.98. The van der Waals surface area contributed by atoms with Crippen LogP contribution in [0.15, 0.2) is 48.8 Å². The van der Waals surface area contributed by atoms with Gasteiger partial charge in [-0.1, -0.05) is 29.8 Å². The molecule has 0 radical (unpaired) electrons. The van der Waals surface area contributed by atoms with Gasteiger partial charge in [0.15, 0.2) is 5.69 Å². The van der Waals surface area contributed by atoms with Crippen LogP contribution in [0.5, 0.6) is 0 Å². The molecule has 0 aliphatic rings. The van der Waals surface area contributed by atoms with Crippen molar-refractivity contribution < 1.29 is 0 Å². The van der Waals surface area contributed by atoms with Gasteiger partial charge < -0.3 is 0 Å². The highest BCUT2D eigenvalue weighted by Gasteiger charge is 2.12. The van der Waals surface area contributed by atoms with Gasteiger partial charge in [0.05, 0.1) is 5.69 Å². The van der Waals surface area contributed by atoms with E-state index < -0.39 is 0 Å². The fourth-order valence-corrected chi connectivity index (χ4v) is 1.92. The first kappa shape index (κ1) is 12.1. The molecule has 5 heteroatoms. The van der Waals surface area contributed by atoms with E-state index in [9.17, 15) is 0 Å². The predicted octanol–water partition coefficient (Wildman–Crippen LogP) is 2.51. The Labute approximate surface area is 116 Å². The highest BCUT2D eigenvalue weighted by molar-refractivity contribution is 5.62. The van der Waals surface area contributed by atoms with Gasteiger partial charge in [-0.05, 0) is 13.0 Å². The Hall–Kier alpha value is -3.00. The van der Waals surface area contributed by atoms with Crippen molar-refractivity contribution in [3.8, 4) is 23.3 Å². The second-order valence-corrected chi connectivity index (χ2v) is 4.35. The van der Waals surface area contributed by atoms with Crippen molar-refractivity contribution in [3.05, 3.63) is 60.0 Å². The predicted molar refractivity (Wildman–Crippen MR) is 74.0 cm³/mol. The average Bonchev–Trinajstić information content (AvgIpc) is 2.93. The van der Waals surface area contributed by atoms with E-state index in [0.29, 0.717) is 11.6 Å². The average molecular weight is 261 g/mol. The van der Waals surface area contributed by atoms with Crippen molar-refractivity contribution in [2.24, 2.45) is 0 Å². The van der Waals surface area contributed by atoms with Crippen LogP contribution in [0.4, 0.5) is 0 Å². The number of benzene rings is 1. The van der Waals surface area contributed by atoms with Gasteiger partial charge in [0.25, 0.3) is 5.95 Å². The van der Waals surface area contributed by atoms with Crippen molar-refractivity contribution in [1.29, 1.82) is 5.26 Å². The monoisotopic (exact) mass is 261 g/mol. The molecule has 0 amide bonds. The fraction of sp³-hybridized carbons (Fsp3) is 0.0667. The summed E-state index contributed by atoms with van der Waals surface area (Å²) in [7, 11) is 0. The molecule has 0 spiro atoms. The van der Waals surface area contributed by atoms with Crippen molar-refractivity contribution in [3.63, 3.8) is 0 Å². The number of nitriles is 1. The molecule has 96 valence electrons. The summed E-state index contributed by atoms with van der Waals surface area (Å²) in [5.41, 5.74) is 3.29. The minimum Gasteiger partial charge on any atom is -0.220 e. The molecule has 2 aromatic heterocycles. The third kappa shape index (κ3) is 2.15. The maximum atomic E-state index is 9.05. The highest BCUT2D eigenvalue weighted by Crippen LogP contribution is 2.22. The lowest BCUT2D eigenvalue weighted by Gasteiger charge is -2.05. The molecule has 0 bridgehead atoms. The highest BCUT2D eigenvalue weighted by atomic mass is 15.4. The minimum absolute atomic E-state index is 0.341. The van der Waals surface area contributed by atoms with E-state index in [1.165, 1.54) is 5.56 Å². The molecule has 0 fully saturated rings. The number of aromatic nitrogens is 4. The van der Waals surface area contributed by atoms with Crippen molar-refractivity contribution in [2.75, 3.05) is 0 Å². The zero-order valence-electron chi connectivity index (χ0n) is 10.9. The summed E-state index contributed by atoms with van der Waals surface area (Å²) in [4.78, 5) is 8.36. The normalized spacial score (nSPS) is 10.2. The van der Waals surface area contributed by atoms with Crippen LogP contribution in [0.2, 0.25) is 0 Å². The van der Waals surface area contributed by atoms with Crippen LogP contribution in [0.25, 0.3) is 17.2 Å². The zero-order valence-corrected chi connectivity index (χ0v) is 10.9. The topological polar surface area (TPSA) is 67.4 Å². The molecule has 20 heavy (non-hydrogen) atoms. The third-order valence-corrected chi connectivity index (χ3v) is 2.91. The molecule has 0 saturated carbocycles. The lowest BCUT2D eigenvalue weighted by atomic mass is 10.1. The van der Waals surface area contributed by atoms with Gasteiger partial charge >= 0.3 is 0 Å². The standard InChI is InChI=1S/C15H11N5/c1-11-3-5-12(6-4-11)14-9-13(10-16)19-20(14)15-17-7-2-8-18-15/h2-9H,1H3. The molecular weight excluding hydrogens is 250 g/mol. The summed E-state index contributed by atoms with van der Waals surface area (Å²) in [6.45, 7) is 2.03. The smallest absolute Gasteiger partial charge is 0.220 e. The Morgan fingerprint density at radius 2 is 1.80 bits per heavy atom. The van der Waals surface area contributed by atoms with Crippen molar-refractivity contribution in [2.45, 2.75) is 6.92 Å². The third-order valence-electron chi connectivity index (χ3n) is 2.91. The number of rotatable bonds is 2. The molecule has 0 saturated heterocycles. The van der Waals surface area contributed by atoms with E-state index in [-0.39, 0.29) is 0 Å². The second kappa shape index (κ2) is 4.94. The van der Waals surface area contributed by atoms with Gasteiger partial charge in [0, 0.05) is 24.0 Å². The molecule has 0 unspecified atom stereocenters. The van der Waals surface area contributed by atoms with Crippen molar-refractivity contribution in [1.82, 2.24) is 19.7 Å². The van der Waals surface area contributed by atoms with Gasteiger partial charge in [0.2, 0.25) is 0 Å². The maximum Gasteiger partial charge on any atom is 0.251 e. The molecule has 0 aliphatic carbocycles. The van der Waals surface area contributed by atoms with Gasteiger partial charge in [-0.25, -0.2) is 9.97 Å². The Balaban J connectivity index is 2.18. The molecule has 0 aliphatic heterocycles. The fourth-order valence-electron chi connectivity index (χ4n) is 1.92. The molecular formula is C15H11N5. The Morgan fingerprint density at radius 3 is 2.45 bits per heavy atom. The van der Waals surface area contributed by atoms with E-state index in [1.54, 1.807) is 29.2 Å². The number of hydrogen-bond donors (Lipinski definition) is 0. The van der Waals surface area contributed by atoms with Gasteiger partial charge in [0.1, 0.15) is 6.07 Å². The van der Waals surface area contributed by atoms with Crippen LogP contribution in [0.1, 0.15) is 11.3 Å². The summed E-state index contributed by atoms with van der Waals surface area (Å²) in [5.74, 6) is 0.449. The first-order valence-electron chi connectivity index (χ1n) is 6.12. The lowest BCUT2D eigenvalue weighted by molar-refractivity contribution is 0.810. The summed E-state index contributed by atoms with van der Waals surface area (Å²) < 4.78 is 1.59. The van der Waals surface area contributed by atoms with Crippen LogP contribution >= 0.6 is 0 Å². The first-order chi connectivity index (χ1) is 9.78. The van der Waals surface area contributed by atoms with Crippen LogP contribution in [0, 0.1) is 18.3 Å². The van der Waals surface area contributed by atoms with E-state index in [2.05, 4.69) is 21.1 Å². The molecule has 5 nitrogen and oxygen atoms in total. The van der Waals surface area contributed by atoms with Gasteiger partial charge in [-0.2, -0.15) is 15.0 Å². The maximum absolute atomic E-state index is 9.05. The van der Waals surface area contributed by atoms with E-state index in [4.69, 9.17) is 5.26 Å². The zero-order chi connectivity index (χ0) is 13.9. The van der Waals surface area contributed by atoms with E-state index >= 15 is 0 Å². The molecule has 3 rings (SSSR count). The summed E-state index contributed by atoms with van der Waals surface area (Å²) in [5, 5.41) is 13.3. The first-order valence-corrected chi connectivity index (χ1v) is 6.12. The minimum atomic E-state index is 0.341. The quantitative estimate of drug-likeness (QED) is 0.710. The van der Waals surface area contributed by atoms with Crippen LogP contribution in [0.3, 0.4) is 0 Å². The lowest BCUT2D eigenvalue weighted by Crippen LogP contribution is -2.04. The molecule has 3 aromatic rings. The SMILES string of the molecule is Cc1ccc(-c2cc(C#N)nn2-c2ncccn2)cc1. The van der Waals surface area contributed by atoms with Crippen LogP contribution < -0.4 is 0 Å². The summed E-state index contributed by atoms with van der Waals surface area (Å²) in [6, 6.07) is 13.6. The van der Waals surface area contributed by atoms with Crippen LogP contribution in [-0.2, 0) is 0 Å².